The first-order valence-electron chi connectivity index (χ1n) is 9.41. The summed E-state index contributed by atoms with van der Waals surface area (Å²) < 4.78 is 0. The van der Waals surface area contributed by atoms with Crippen molar-refractivity contribution >= 4 is 22.8 Å². The molecule has 0 aromatic heterocycles. The highest BCUT2D eigenvalue weighted by Crippen LogP contribution is 2.42. The lowest BCUT2D eigenvalue weighted by molar-refractivity contribution is -0.393. The van der Waals surface area contributed by atoms with Gasteiger partial charge in [0.1, 0.15) is 5.69 Å². The highest BCUT2D eigenvalue weighted by Gasteiger charge is 2.34. The number of hydrogen-bond donors (Lipinski definition) is 1. The van der Waals surface area contributed by atoms with E-state index in [9.17, 15) is 20.2 Å². The summed E-state index contributed by atoms with van der Waals surface area (Å²) in [6.45, 7) is 9.00. The first-order chi connectivity index (χ1) is 12.7. The van der Waals surface area contributed by atoms with Crippen LogP contribution in [-0.2, 0) is 0 Å². The van der Waals surface area contributed by atoms with Gasteiger partial charge in [0.15, 0.2) is 0 Å². The number of benzene rings is 1. The molecular formula is C19H28N4O4. The van der Waals surface area contributed by atoms with E-state index in [1.54, 1.807) is 0 Å². The summed E-state index contributed by atoms with van der Waals surface area (Å²) in [5, 5.41) is 26.5. The predicted molar refractivity (Wildman–Crippen MR) is 106 cm³/mol. The van der Waals surface area contributed by atoms with E-state index in [1.165, 1.54) is 25.0 Å². The largest absolute Gasteiger partial charge is 0.301 e. The lowest BCUT2D eigenvalue weighted by Crippen LogP contribution is -2.33. The molecule has 1 aromatic rings. The summed E-state index contributed by atoms with van der Waals surface area (Å²) in [7, 11) is 0. The fourth-order valence-electron chi connectivity index (χ4n) is 3.98. The summed E-state index contributed by atoms with van der Waals surface area (Å²) in [6.07, 6.45) is 5.33. The molecule has 1 N–H and O–H groups in total. The number of anilines is 1. The predicted octanol–water partition coefficient (Wildman–Crippen LogP) is 5.53. The number of nitrogens with zero attached hydrogens (tertiary/aromatic N) is 3. The monoisotopic (exact) mass is 376 g/mol. The van der Waals surface area contributed by atoms with Crippen molar-refractivity contribution in [3.8, 4) is 0 Å². The second-order valence-electron chi connectivity index (χ2n) is 8.04. The molecule has 1 fully saturated rings. The molecule has 27 heavy (non-hydrogen) atoms. The molecule has 8 nitrogen and oxygen atoms in total. The number of hydrazone groups is 1. The fourth-order valence-corrected chi connectivity index (χ4v) is 3.98. The minimum atomic E-state index is -0.649. The Morgan fingerprint density at radius 3 is 2.52 bits per heavy atom. The van der Waals surface area contributed by atoms with E-state index in [0.717, 1.165) is 31.0 Å². The maximum absolute atomic E-state index is 11.2. The molecule has 1 saturated carbocycles. The molecule has 1 aliphatic rings. The van der Waals surface area contributed by atoms with Crippen molar-refractivity contribution in [2.75, 3.05) is 5.43 Å². The molecule has 8 heteroatoms. The van der Waals surface area contributed by atoms with Gasteiger partial charge in [-0.05, 0) is 49.0 Å². The number of hydrogen-bond acceptors (Lipinski definition) is 6. The zero-order valence-electron chi connectivity index (χ0n) is 16.4. The van der Waals surface area contributed by atoms with Gasteiger partial charge in [-0.15, -0.1) is 0 Å². The molecular weight excluding hydrogens is 348 g/mol. The Morgan fingerprint density at radius 1 is 1.26 bits per heavy atom. The zero-order valence-corrected chi connectivity index (χ0v) is 16.4. The van der Waals surface area contributed by atoms with Gasteiger partial charge in [-0.25, -0.2) is 0 Å². The van der Waals surface area contributed by atoms with E-state index in [-0.39, 0.29) is 17.1 Å². The van der Waals surface area contributed by atoms with Crippen LogP contribution < -0.4 is 5.43 Å². The molecule has 0 unspecified atom stereocenters. The van der Waals surface area contributed by atoms with Gasteiger partial charge in [-0.1, -0.05) is 34.1 Å². The Bertz CT molecular complexity index is 745. The maximum Gasteiger partial charge on any atom is 0.301 e. The molecule has 0 spiro atoms. The third kappa shape index (κ3) is 5.02. The number of non-ortho nitro benzene ring substituents is 1. The number of nitrogens with one attached hydrogen (secondary N) is 1. The van der Waals surface area contributed by atoms with Crippen molar-refractivity contribution in [1.82, 2.24) is 0 Å². The van der Waals surface area contributed by atoms with Crippen LogP contribution in [0.5, 0.6) is 0 Å². The van der Waals surface area contributed by atoms with Crippen LogP contribution in [0.2, 0.25) is 0 Å². The van der Waals surface area contributed by atoms with Gasteiger partial charge in [0, 0.05) is 11.8 Å². The Balaban J connectivity index is 2.13. The van der Waals surface area contributed by atoms with Gasteiger partial charge in [0.05, 0.1) is 15.9 Å². The fraction of sp³-hybridized carbons (Fsp3) is 0.632. The van der Waals surface area contributed by atoms with Crippen LogP contribution in [0.25, 0.3) is 0 Å². The smallest absolute Gasteiger partial charge is 0.272 e. The summed E-state index contributed by atoms with van der Waals surface area (Å²) >= 11 is 0. The molecule has 0 aliphatic heterocycles. The summed E-state index contributed by atoms with van der Waals surface area (Å²) in [6, 6.07) is 3.53. The van der Waals surface area contributed by atoms with Gasteiger partial charge in [0.2, 0.25) is 0 Å². The van der Waals surface area contributed by atoms with Crippen LogP contribution in [0.4, 0.5) is 17.1 Å². The highest BCUT2D eigenvalue weighted by atomic mass is 16.6. The highest BCUT2D eigenvalue weighted by molar-refractivity contribution is 5.88. The van der Waals surface area contributed by atoms with Crippen molar-refractivity contribution in [2.45, 2.75) is 59.8 Å². The van der Waals surface area contributed by atoms with Crippen LogP contribution in [0, 0.1) is 37.5 Å². The molecule has 0 bridgehead atoms. The quantitative estimate of drug-likeness (QED) is 0.496. The summed E-state index contributed by atoms with van der Waals surface area (Å²) in [5.41, 5.74) is 3.56. The van der Waals surface area contributed by atoms with Crippen LogP contribution in [-0.4, -0.2) is 15.6 Å². The van der Waals surface area contributed by atoms with E-state index in [0.29, 0.717) is 17.3 Å². The normalized spacial score (nSPS) is 21.9. The van der Waals surface area contributed by atoms with Gasteiger partial charge < -0.3 is 0 Å². The molecule has 1 aliphatic carbocycles. The Kier molecular flexibility index (Phi) is 6.51. The molecule has 2 rings (SSSR count). The zero-order chi connectivity index (χ0) is 20.2. The molecule has 148 valence electrons. The van der Waals surface area contributed by atoms with Crippen molar-refractivity contribution in [3.05, 3.63) is 38.4 Å². The third-order valence-electron chi connectivity index (χ3n) is 5.66. The van der Waals surface area contributed by atoms with Crippen molar-refractivity contribution < 1.29 is 9.85 Å². The molecule has 0 heterocycles. The Hall–Kier alpha value is -2.51. The second-order valence-corrected chi connectivity index (χ2v) is 8.04. The average Bonchev–Trinajstić information content (AvgIpc) is 2.60. The lowest BCUT2D eigenvalue weighted by Gasteiger charge is -2.39. The van der Waals surface area contributed by atoms with Gasteiger partial charge in [-0.2, -0.15) is 5.10 Å². The van der Waals surface area contributed by atoms with Gasteiger partial charge in [-0.3, -0.25) is 25.7 Å². The molecule has 0 saturated heterocycles. The van der Waals surface area contributed by atoms with Crippen molar-refractivity contribution in [3.63, 3.8) is 0 Å². The van der Waals surface area contributed by atoms with E-state index < -0.39 is 9.85 Å². The summed E-state index contributed by atoms with van der Waals surface area (Å²) in [5.74, 6) is 0.935. The Labute approximate surface area is 159 Å². The molecule has 0 radical (unpaired) electrons. The van der Waals surface area contributed by atoms with Crippen LogP contribution in [0.1, 0.15) is 59.8 Å². The van der Waals surface area contributed by atoms with Gasteiger partial charge in [0.25, 0.3) is 5.69 Å². The molecule has 2 atom stereocenters. The van der Waals surface area contributed by atoms with Crippen molar-refractivity contribution in [2.24, 2.45) is 22.4 Å². The lowest BCUT2D eigenvalue weighted by atomic mass is 9.66. The first-order valence-corrected chi connectivity index (χ1v) is 9.41. The second kappa shape index (κ2) is 8.45. The van der Waals surface area contributed by atoms with E-state index in [1.807, 2.05) is 0 Å². The standard InChI is InChI=1S/C19H28N4O4/c1-5-10-19(3,4)14-6-8-16(13(2)11-14)20-21-17-9-7-15(22(24)25)12-18(17)23(26)27/h7,9,12-14,21H,5-6,8,10-11H2,1-4H3/b20-16+/t13-,14+/m0/s1. The number of nitro groups is 2. The van der Waals surface area contributed by atoms with Gasteiger partial charge >= 0.3 is 5.69 Å². The first kappa shape index (κ1) is 20.8. The van der Waals surface area contributed by atoms with E-state index in [4.69, 9.17) is 0 Å². The van der Waals surface area contributed by atoms with E-state index in [2.05, 4.69) is 38.2 Å². The van der Waals surface area contributed by atoms with Crippen LogP contribution >= 0.6 is 0 Å². The summed E-state index contributed by atoms with van der Waals surface area (Å²) in [4.78, 5) is 20.8. The molecule has 0 amide bonds. The minimum absolute atomic E-state index is 0.165. The molecule has 1 aromatic carbocycles. The third-order valence-corrected chi connectivity index (χ3v) is 5.66. The Morgan fingerprint density at radius 2 is 1.96 bits per heavy atom. The topological polar surface area (TPSA) is 111 Å². The van der Waals surface area contributed by atoms with E-state index >= 15 is 0 Å². The number of rotatable bonds is 7. The van der Waals surface area contributed by atoms with Crippen LogP contribution in [0.3, 0.4) is 0 Å². The SMILES string of the molecule is CCCC(C)(C)[C@@H]1CC/C(=N\Nc2ccc([N+](=O)[O-])cc2[N+](=O)[O-])[C@@H](C)C1. The minimum Gasteiger partial charge on any atom is -0.272 e. The average molecular weight is 376 g/mol. The number of nitro benzene ring substituents is 2. The van der Waals surface area contributed by atoms with Crippen LogP contribution in [0.15, 0.2) is 23.3 Å². The maximum atomic E-state index is 11.2. The van der Waals surface area contributed by atoms with Crippen molar-refractivity contribution in [1.29, 1.82) is 0 Å².